The summed E-state index contributed by atoms with van der Waals surface area (Å²) in [6.07, 6.45) is 0. The zero-order chi connectivity index (χ0) is 15.0. The number of nitrogens with zero attached hydrogens (tertiary/aromatic N) is 1. The summed E-state index contributed by atoms with van der Waals surface area (Å²) in [5, 5.41) is 3.78. The molecule has 0 spiro atoms. The van der Waals surface area contributed by atoms with E-state index in [1.54, 1.807) is 42.5 Å². The second-order valence-electron chi connectivity index (χ2n) is 4.73. The van der Waals surface area contributed by atoms with Crippen molar-refractivity contribution in [2.75, 3.05) is 5.73 Å². The van der Waals surface area contributed by atoms with Crippen molar-refractivity contribution < 1.29 is 0 Å². The molecule has 6 heteroatoms. The Morgan fingerprint density at radius 2 is 1.81 bits per heavy atom. The van der Waals surface area contributed by atoms with Crippen molar-refractivity contribution in [2.24, 2.45) is 0 Å². The van der Waals surface area contributed by atoms with Gasteiger partial charge in [-0.1, -0.05) is 29.8 Å². The Balaban J connectivity index is 2.15. The van der Waals surface area contributed by atoms with Crippen LogP contribution < -0.4 is 16.9 Å². The van der Waals surface area contributed by atoms with Crippen LogP contribution in [0.4, 0.5) is 5.69 Å². The highest BCUT2D eigenvalue weighted by Crippen LogP contribution is 2.19. The number of fused-ring (bicyclic) bond motifs is 1. The third kappa shape index (κ3) is 2.43. The average Bonchev–Trinajstić information content (AvgIpc) is 2.47. The molecular weight excluding hydrogens is 290 g/mol. The molecule has 0 amide bonds. The average molecular weight is 302 g/mol. The van der Waals surface area contributed by atoms with Crippen molar-refractivity contribution in [3.8, 4) is 0 Å². The Morgan fingerprint density at radius 1 is 1.10 bits per heavy atom. The zero-order valence-corrected chi connectivity index (χ0v) is 11.7. The zero-order valence-electron chi connectivity index (χ0n) is 11.0. The van der Waals surface area contributed by atoms with Crippen LogP contribution in [-0.2, 0) is 6.54 Å². The maximum absolute atomic E-state index is 12.4. The highest BCUT2D eigenvalue weighted by molar-refractivity contribution is 6.31. The lowest BCUT2D eigenvalue weighted by molar-refractivity contribution is 0.637. The number of H-pyrrole nitrogens is 1. The summed E-state index contributed by atoms with van der Waals surface area (Å²) in [6.45, 7) is 0.179. The predicted molar refractivity (Wildman–Crippen MR) is 83.8 cm³/mol. The number of halogens is 1. The van der Waals surface area contributed by atoms with Crippen molar-refractivity contribution in [2.45, 2.75) is 6.54 Å². The topological polar surface area (TPSA) is 80.9 Å². The summed E-state index contributed by atoms with van der Waals surface area (Å²) < 4.78 is 1.25. The van der Waals surface area contributed by atoms with Crippen LogP contribution in [0.3, 0.4) is 0 Å². The van der Waals surface area contributed by atoms with Crippen LogP contribution in [0.15, 0.2) is 52.1 Å². The van der Waals surface area contributed by atoms with Gasteiger partial charge in [-0.2, -0.15) is 0 Å². The highest BCUT2D eigenvalue weighted by atomic mass is 35.5. The normalized spacial score (nSPS) is 10.9. The Morgan fingerprint density at radius 3 is 2.52 bits per heavy atom. The second-order valence-corrected chi connectivity index (χ2v) is 5.14. The van der Waals surface area contributed by atoms with Gasteiger partial charge in [0, 0.05) is 10.7 Å². The van der Waals surface area contributed by atoms with Gasteiger partial charge in [0.1, 0.15) is 0 Å². The lowest BCUT2D eigenvalue weighted by atomic mass is 10.2. The van der Waals surface area contributed by atoms with Gasteiger partial charge in [0.15, 0.2) is 0 Å². The van der Waals surface area contributed by atoms with Crippen LogP contribution in [0, 0.1) is 0 Å². The molecule has 0 unspecified atom stereocenters. The quantitative estimate of drug-likeness (QED) is 0.710. The van der Waals surface area contributed by atoms with E-state index in [4.69, 9.17) is 17.3 Å². The highest BCUT2D eigenvalue weighted by Gasteiger charge is 2.08. The first-order chi connectivity index (χ1) is 10.1. The van der Waals surface area contributed by atoms with E-state index in [-0.39, 0.29) is 17.7 Å². The van der Waals surface area contributed by atoms with Gasteiger partial charge in [0.2, 0.25) is 0 Å². The van der Waals surface area contributed by atoms with E-state index in [1.165, 1.54) is 4.68 Å². The summed E-state index contributed by atoms with van der Waals surface area (Å²) in [5.41, 5.74) is 6.32. The van der Waals surface area contributed by atoms with Gasteiger partial charge in [0.05, 0.1) is 17.3 Å². The molecule has 3 aromatic rings. The number of benzene rings is 2. The monoisotopic (exact) mass is 301 g/mol. The Bertz CT molecular complexity index is 944. The number of nitrogens with two attached hydrogens (primary N) is 1. The smallest absolute Gasteiger partial charge is 0.273 e. The molecule has 0 radical (unpaired) electrons. The largest absolute Gasteiger partial charge is 0.399 e. The van der Waals surface area contributed by atoms with Crippen LogP contribution >= 0.6 is 11.6 Å². The maximum Gasteiger partial charge on any atom is 0.273 e. The Kier molecular flexibility index (Phi) is 3.27. The standard InChI is InChI=1S/C15H12ClN3O2/c16-13-7-10(17)6-5-9(13)8-19-15(21)12-4-2-1-3-11(12)14(20)18-19/h1-7H,8,17H2,(H,18,20). The number of aromatic amines is 1. The Hall–Kier alpha value is -2.53. The molecule has 0 aliphatic rings. The molecule has 0 saturated heterocycles. The molecule has 3 rings (SSSR count). The van der Waals surface area contributed by atoms with E-state index in [0.717, 1.165) is 0 Å². The molecule has 5 nitrogen and oxygen atoms in total. The second kappa shape index (κ2) is 5.10. The van der Waals surface area contributed by atoms with Gasteiger partial charge in [-0.05, 0) is 29.8 Å². The SMILES string of the molecule is Nc1ccc(Cn2[nH]c(=O)c3ccccc3c2=O)c(Cl)c1. The van der Waals surface area contributed by atoms with Crippen LogP contribution in [0.5, 0.6) is 0 Å². The first-order valence-corrected chi connectivity index (χ1v) is 6.70. The van der Waals surface area contributed by atoms with Crippen molar-refractivity contribution in [1.29, 1.82) is 0 Å². The van der Waals surface area contributed by atoms with E-state index < -0.39 is 0 Å². The first-order valence-electron chi connectivity index (χ1n) is 6.32. The maximum atomic E-state index is 12.4. The molecular formula is C15H12ClN3O2. The van der Waals surface area contributed by atoms with Crippen molar-refractivity contribution in [3.63, 3.8) is 0 Å². The fourth-order valence-corrected chi connectivity index (χ4v) is 2.47. The summed E-state index contributed by atoms with van der Waals surface area (Å²) >= 11 is 6.10. The summed E-state index contributed by atoms with van der Waals surface area (Å²) in [7, 11) is 0. The first kappa shape index (κ1) is 13.5. The van der Waals surface area contributed by atoms with Gasteiger partial charge in [0.25, 0.3) is 11.1 Å². The van der Waals surface area contributed by atoms with Gasteiger partial charge < -0.3 is 5.73 Å². The van der Waals surface area contributed by atoms with Crippen LogP contribution in [0.25, 0.3) is 10.8 Å². The third-order valence-electron chi connectivity index (χ3n) is 3.29. The fraction of sp³-hybridized carbons (Fsp3) is 0.0667. The number of aromatic nitrogens is 2. The lowest BCUT2D eigenvalue weighted by Gasteiger charge is -2.09. The molecule has 3 N–H and O–H groups in total. The van der Waals surface area contributed by atoms with E-state index in [2.05, 4.69) is 5.10 Å². The van der Waals surface area contributed by atoms with E-state index in [1.807, 2.05) is 0 Å². The minimum atomic E-state index is -0.309. The van der Waals surface area contributed by atoms with Gasteiger partial charge in [-0.15, -0.1) is 0 Å². The molecule has 2 aromatic carbocycles. The molecule has 0 bridgehead atoms. The van der Waals surface area contributed by atoms with Gasteiger partial charge >= 0.3 is 0 Å². The molecule has 0 fully saturated rings. The van der Waals surface area contributed by atoms with Crippen LogP contribution in [0.2, 0.25) is 5.02 Å². The number of nitrogens with one attached hydrogen (secondary N) is 1. The molecule has 21 heavy (non-hydrogen) atoms. The number of rotatable bonds is 2. The van der Waals surface area contributed by atoms with E-state index >= 15 is 0 Å². The molecule has 0 atom stereocenters. The van der Waals surface area contributed by atoms with Crippen molar-refractivity contribution >= 4 is 28.1 Å². The van der Waals surface area contributed by atoms with Crippen molar-refractivity contribution in [3.05, 3.63) is 73.8 Å². The van der Waals surface area contributed by atoms with E-state index in [9.17, 15) is 9.59 Å². The van der Waals surface area contributed by atoms with Gasteiger partial charge in [-0.3, -0.25) is 14.7 Å². The summed E-state index contributed by atoms with van der Waals surface area (Å²) in [4.78, 5) is 24.4. The van der Waals surface area contributed by atoms with E-state index in [0.29, 0.717) is 27.0 Å². The summed E-state index contributed by atoms with van der Waals surface area (Å²) in [6, 6.07) is 11.7. The molecule has 1 heterocycles. The predicted octanol–water partition coefficient (Wildman–Crippen LogP) is 1.97. The summed E-state index contributed by atoms with van der Waals surface area (Å²) in [5.74, 6) is 0. The van der Waals surface area contributed by atoms with Crippen LogP contribution in [-0.4, -0.2) is 9.78 Å². The number of hydrogen-bond donors (Lipinski definition) is 2. The molecule has 106 valence electrons. The van der Waals surface area contributed by atoms with Gasteiger partial charge in [-0.25, -0.2) is 4.68 Å². The fourth-order valence-electron chi connectivity index (χ4n) is 2.22. The van der Waals surface area contributed by atoms with Crippen molar-refractivity contribution in [1.82, 2.24) is 9.78 Å². The minimum absolute atomic E-state index is 0.179. The van der Waals surface area contributed by atoms with Crippen LogP contribution in [0.1, 0.15) is 5.56 Å². The number of hydrogen-bond acceptors (Lipinski definition) is 3. The number of anilines is 1. The Labute approximate surface area is 124 Å². The third-order valence-corrected chi connectivity index (χ3v) is 3.64. The molecule has 1 aromatic heterocycles. The number of nitrogen functional groups attached to an aromatic ring is 1. The molecule has 0 aliphatic carbocycles. The molecule has 0 saturated carbocycles. The minimum Gasteiger partial charge on any atom is -0.399 e. The molecule has 0 aliphatic heterocycles. The lowest BCUT2D eigenvalue weighted by Crippen LogP contribution is -2.30.